The smallest absolute Gasteiger partial charge is 0.289 e. The predicted molar refractivity (Wildman–Crippen MR) is 63.6 cm³/mol. The van der Waals surface area contributed by atoms with E-state index in [1.54, 1.807) is 10.8 Å². The lowest BCUT2D eigenvalue weighted by Gasteiger charge is -2.24. The number of aryl methyl sites for hydroxylation is 1. The number of hydrogen-bond acceptors (Lipinski definition) is 3. The van der Waals surface area contributed by atoms with E-state index in [0.717, 1.165) is 19.6 Å². The number of fused-ring (bicyclic) bond motifs is 1. The molecule has 3 heterocycles. The van der Waals surface area contributed by atoms with Crippen molar-refractivity contribution in [3.63, 3.8) is 0 Å². The summed E-state index contributed by atoms with van der Waals surface area (Å²) in [5.74, 6) is 1.24. The largest absolute Gasteiger partial charge is 0.334 e. The summed E-state index contributed by atoms with van der Waals surface area (Å²) in [6.07, 6.45) is 5.96. The second kappa shape index (κ2) is 4.14. The van der Waals surface area contributed by atoms with Crippen LogP contribution in [0.25, 0.3) is 0 Å². The van der Waals surface area contributed by atoms with Crippen molar-refractivity contribution >= 4 is 5.91 Å². The summed E-state index contributed by atoms with van der Waals surface area (Å²) in [5.41, 5.74) is 0. The maximum absolute atomic E-state index is 12.3. The molecule has 5 nitrogen and oxygen atoms in total. The highest BCUT2D eigenvalue weighted by atomic mass is 16.2. The lowest BCUT2D eigenvalue weighted by atomic mass is 9.94. The normalized spacial score (nSPS) is 28.2. The number of amides is 1. The highest BCUT2D eigenvalue weighted by Crippen LogP contribution is 2.25. The van der Waals surface area contributed by atoms with E-state index >= 15 is 0 Å². The zero-order chi connectivity index (χ0) is 11.8. The quantitative estimate of drug-likeness (QED) is 0.757. The third-order valence-corrected chi connectivity index (χ3v) is 3.90. The van der Waals surface area contributed by atoms with Gasteiger partial charge < -0.3 is 14.8 Å². The maximum atomic E-state index is 12.3. The fourth-order valence-electron chi connectivity index (χ4n) is 2.93. The fourth-order valence-corrected chi connectivity index (χ4v) is 2.93. The van der Waals surface area contributed by atoms with Gasteiger partial charge in [-0.1, -0.05) is 0 Å². The highest BCUT2D eigenvalue weighted by Gasteiger charge is 2.37. The van der Waals surface area contributed by atoms with Crippen molar-refractivity contribution in [3.8, 4) is 0 Å². The number of carbonyl (C=O) groups is 1. The topological polar surface area (TPSA) is 50.2 Å². The molecule has 0 radical (unpaired) electrons. The van der Waals surface area contributed by atoms with Gasteiger partial charge in [0.2, 0.25) is 0 Å². The van der Waals surface area contributed by atoms with Gasteiger partial charge in [-0.2, -0.15) is 0 Å². The molecule has 1 aromatic heterocycles. The number of aromatic nitrogens is 2. The molecule has 3 rings (SSSR count). The van der Waals surface area contributed by atoms with Gasteiger partial charge in [0, 0.05) is 38.6 Å². The Bertz CT molecular complexity index is 414. The zero-order valence-electron chi connectivity index (χ0n) is 10.1. The predicted octanol–water partition coefficient (Wildman–Crippen LogP) is 0.244. The molecular weight excluding hydrogens is 216 g/mol. The number of piperidine rings is 1. The summed E-state index contributed by atoms with van der Waals surface area (Å²) in [5, 5.41) is 3.50. The summed E-state index contributed by atoms with van der Waals surface area (Å²) in [6.45, 7) is 2.80. The monoisotopic (exact) mass is 234 g/mol. The standard InChI is InChI=1S/C12H18N4O/c1-15-6-5-14-11(15)12(17)16-7-9-3-2-4-13-10(9)8-16/h5-6,9-10,13H,2-4,7-8H2,1H3. The summed E-state index contributed by atoms with van der Waals surface area (Å²) < 4.78 is 1.79. The first-order valence-corrected chi connectivity index (χ1v) is 6.25. The van der Waals surface area contributed by atoms with Gasteiger partial charge >= 0.3 is 0 Å². The molecule has 92 valence electrons. The van der Waals surface area contributed by atoms with E-state index in [2.05, 4.69) is 10.3 Å². The number of imidazole rings is 1. The molecule has 0 saturated carbocycles. The number of nitrogens with one attached hydrogen (secondary N) is 1. The molecule has 2 unspecified atom stereocenters. The molecule has 0 bridgehead atoms. The first-order valence-electron chi connectivity index (χ1n) is 6.25. The van der Waals surface area contributed by atoms with Crippen molar-refractivity contribution in [2.75, 3.05) is 19.6 Å². The third kappa shape index (κ3) is 1.84. The molecule has 0 aromatic carbocycles. The van der Waals surface area contributed by atoms with Crippen molar-refractivity contribution < 1.29 is 4.79 Å². The Kier molecular flexibility index (Phi) is 2.63. The van der Waals surface area contributed by atoms with E-state index in [4.69, 9.17) is 0 Å². The Morgan fingerprint density at radius 3 is 3.12 bits per heavy atom. The lowest BCUT2D eigenvalue weighted by molar-refractivity contribution is 0.0770. The molecule has 17 heavy (non-hydrogen) atoms. The Balaban J connectivity index is 1.74. The Hall–Kier alpha value is -1.36. The SMILES string of the molecule is Cn1ccnc1C(=O)N1CC2CCCNC2C1. The average Bonchev–Trinajstić information content (AvgIpc) is 2.93. The number of hydrogen-bond donors (Lipinski definition) is 1. The molecule has 5 heteroatoms. The summed E-state index contributed by atoms with van der Waals surface area (Å²) >= 11 is 0. The van der Waals surface area contributed by atoms with Crippen LogP contribution in [0.3, 0.4) is 0 Å². The van der Waals surface area contributed by atoms with Gasteiger partial charge in [-0.15, -0.1) is 0 Å². The van der Waals surface area contributed by atoms with Crippen LogP contribution in [0.2, 0.25) is 0 Å². The first-order chi connectivity index (χ1) is 8.25. The minimum absolute atomic E-state index is 0.0636. The van der Waals surface area contributed by atoms with Crippen LogP contribution in [0.5, 0.6) is 0 Å². The summed E-state index contributed by atoms with van der Waals surface area (Å²) in [6, 6.07) is 0.493. The third-order valence-electron chi connectivity index (χ3n) is 3.90. The van der Waals surface area contributed by atoms with Crippen molar-refractivity contribution in [3.05, 3.63) is 18.2 Å². The Labute approximate surface area is 101 Å². The van der Waals surface area contributed by atoms with Crippen molar-refractivity contribution in [1.82, 2.24) is 19.8 Å². The molecule has 2 fully saturated rings. The van der Waals surface area contributed by atoms with E-state index in [9.17, 15) is 4.79 Å². The van der Waals surface area contributed by atoms with E-state index < -0.39 is 0 Å². The highest BCUT2D eigenvalue weighted by molar-refractivity contribution is 5.91. The van der Waals surface area contributed by atoms with Gasteiger partial charge in [-0.3, -0.25) is 4.79 Å². The van der Waals surface area contributed by atoms with Crippen LogP contribution in [0.1, 0.15) is 23.5 Å². The first kappa shape index (κ1) is 10.8. The van der Waals surface area contributed by atoms with Crippen molar-refractivity contribution in [2.24, 2.45) is 13.0 Å². The van der Waals surface area contributed by atoms with Crippen LogP contribution < -0.4 is 5.32 Å². The van der Waals surface area contributed by atoms with E-state index in [-0.39, 0.29) is 5.91 Å². The van der Waals surface area contributed by atoms with Gasteiger partial charge in [-0.25, -0.2) is 4.98 Å². The molecule has 0 spiro atoms. The lowest BCUT2D eigenvalue weighted by Crippen LogP contribution is -2.41. The maximum Gasteiger partial charge on any atom is 0.289 e. The number of carbonyl (C=O) groups excluding carboxylic acids is 1. The fraction of sp³-hybridized carbons (Fsp3) is 0.667. The molecule has 2 aliphatic rings. The van der Waals surface area contributed by atoms with Gasteiger partial charge in [-0.05, 0) is 25.3 Å². The molecule has 2 atom stereocenters. The summed E-state index contributed by atoms with van der Waals surface area (Å²) in [4.78, 5) is 18.4. The van der Waals surface area contributed by atoms with Crippen LogP contribution >= 0.6 is 0 Å². The molecular formula is C12H18N4O. The van der Waals surface area contributed by atoms with Crippen LogP contribution in [0, 0.1) is 5.92 Å². The Morgan fingerprint density at radius 1 is 1.53 bits per heavy atom. The molecule has 2 saturated heterocycles. The number of nitrogens with zero attached hydrogens (tertiary/aromatic N) is 3. The average molecular weight is 234 g/mol. The number of likely N-dealkylation sites (tertiary alicyclic amines) is 1. The van der Waals surface area contributed by atoms with Gasteiger partial charge in [0.15, 0.2) is 5.82 Å². The van der Waals surface area contributed by atoms with Gasteiger partial charge in [0.05, 0.1) is 0 Å². The van der Waals surface area contributed by atoms with E-state index in [1.165, 1.54) is 12.8 Å². The molecule has 0 aliphatic carbocycles. The van der Waals surface area contributed by atoms with Crippen LogP contribution in [-0.2, 0) is 7.05 Å². The second-order valence-electron chi connectivity index (χ2n) is 5.03. The minimum atomic E-state index is 0.0636. The zero-order valence-corrected chi connectivity index (χ0v) is 10.1. The molecule has 1 amide bonds. The van der Waals surface area contributed by atoms with E-state index in [1.807, 2.05) is 18.1 Å². The van der Waals surface area contributed by atoms with Crippen molar-refractivity contribution in [2.45, 2.75) is 18.9 Å². The van der Waals surface area contributed by atoms with E-state index in [0.29, 0.717) is 17.8 Å². The minimum Gasteiger partial charge on any atom is -0.334 e. The van der Waals surface area contributed by atoms with Gasteiger partial charge in [0.1, 0.15) is 0 Å². The van der Waals surface area contributed by atoms with Crippen molar-refractivity contribution in [1.29, 1.82) is 0 Å². The molecule has 2 aliphatic heterocycles. The van der Waals surface area contributed by atoms with Crippen LogP contribution in [0.4, 0.5) is 0 Å². The second-order valence-corrected chi connectivity index (χ2v) is 5.03. The van der Waals surface area contributed by atoms with Crippen LogP contribution in [-0.4, -0.2) is 46.0 Å². The van der Waals surface area contributed by atoms with Crippen LogP contribution in [0.15, 0.2) is 12.4 Å². The number of rotatable bonds is 1. The molecule has 1 aromatic rings. The Morgan fingerprint density at radius 2 is 2.41 bits per heavy atom. The van der Waals surface area contributed by atoms with Gasteiger partial charge in [0.25, 0.3) is 5.91 Å². The summed E-state index contributed by atoms with van der Waals surface area (Å²) in [7, 11) is 1.86. The molecule has 1 N–H and O–H groups in total.